The number of nitrogens with one attached hydrogen (secondary N) is 1. The van der Waals surface area contributed by atoms with Gasteiger partial charge in [0.05, 0.1) is 5.25 Å². The molecular formula is C20H27NO2S. The average molecular weight is 346 g/mol. The average Bonchev–Trinajstić information content (AvgIpc) is 2.53. The second-order valence-corrected chi connectivity index (χ2v) is 9.76. The first-order valence-electron chi connectivity index (χ1n) is 8.28. The van der Waals surface area contributed by atoms with Gasteiger partial charge in [-0.15, -0.1) is 0 Å². The molecule has 2 aromatic carbocycles. The lowest BCUT2D eigenvalue weighted by molar-refractivity contribution is 0.572. The van der Waals surface area contributed by atoms with Gasteiger partial charge in [0.25, 0.3) is 0 Å². The first-order valence-corrected chi connectivity index (χ1v) is 9.82. The monoisotopic (exact) mass is 345 g/mol. The van der Waals surface area contributed by atoms with Crippen molar-refractivity contribution in [1.82, 2.24) is 4.72 Å². The summed E-state index contributed by atoms with van der Waals surface area (Å²) in [6.45, 7) is 10.3. The molecule has 4 heteroatoms. The molecule has 0 saturated carbocycles. The van der Waals surface area contributed by atoms with Crippen LogP contribution in [0, 0.1) is 0 Å². The molecule has 24 heavy (non-hydrogen) atoms. The second-order valence-electron chi connectivity index (χ2n) is 7.44. The maximum Gasteiger partial charge on any atom is 0.214 e. The molecule has 0 spiro atoms. The normalized spacial score (nSPS) is 12.6. The van der Waals surface area contributed by atoms with Gasteiger partial charge in [-0.1, -0.05) is 69.3 Å². The van der Waals surface area contributed by atoms with Gasteiger partial charge in [0, 0.05) is 6.54 Å². The number of rotatable bonds is 5. The van der Waals surface area contributed by atoms with Crippen LogP contribution in [0.15, 0.2) is 48.5 Å². The molecule has 0 heterocycles. The quantitative estimate of drug-likeness (QED) is 0.868. The van der Waals surface area contributed by atoms with Crippen LogP contribution in [0.4, 0.5) is 0 Å². The molecule has 0 saturated heterocycles. The lowest BCUT2D eigenvalue weighted by Gasteiger charge is -2.19. The summed E-state index contributed by atoms with van der Waals surface area (Å²) in [6, 6.07) is 16.6. The van der Waals surface area contributed by atoms with Crippen LogP contribution < -0.4 is 4.72 Å². The minimum Gasteiger partial charge on any atom is -0.212 e. The number of hydrogen-bond donors (Lipinski definition) is 1. The number of benzene rings is 2. The summed E-state index contributed by atoms with van der Waals surface area (Å²) in [5.41, 5.74) is 4.71. The molecule has 0 aromatic heterocycles. The smallest absolute Gasteiger partial charge is 0.212 e. The Morgan fingerprint density at radius 1 is 0.875 bits per heavy atom. The molecule has 130 valence electrons. The summed E-state index contributed by atoms with van der Waals surface area (Å²) >= 11 is 0. The van der Waals surface area contributed by atoms with Crippen LogP contribution in [0.25, 0.3) is 11.1 Å². The SMILES string of the molecule is CC(C)S(=O)(=O)NCc1ccc(-c2ccc(C(C)(C)C)cc2)cc1. The van der Waals surface area contributed by atoms with Gasteiger partial charge in [-0.05, 0) is 41.5 Å². The maximum atomic E-state index is 11.8. The molecule has 0 amide bonds. The Morgan fingerprint density at radius 3 is 1.75 bits per heavy atom. The Hall–Kier alpha value is -1.65. The fourth-order valence-corrected chi connectivity index (χ4v) is 3.03. The standard InChI is InChI=1S/C20H27NO2S/c1-15(2)24(22,23)21-14-16-6-8-17(9-7-16)18-10-12-19(13-11-18)20(3,4)5/h6-13,15,21H,14H2,1-5H3. The van der Waals surface area contributed by atoms with Crippen molar-refractivity contribution in [2.75, 3.05) is 0 Å². The topological polar surface area (TPSA) is 46.2 Å². The van der Waals surface area contributed by atoms with E-state index in [-0.39, 0.29) is 5.41 Å². The Kier molecular flexibility index (Phi) is 5.51. The van der Waals surface area contributed by atoms with Crippen LogP contribution >= 0.6 is 0 Å². The van der Waals surface area contributed by atoms with Crippen LogP contribution in [-0.2, 0) is 22.0 Å². The van der Waals surface area contributed by atoms with Crippen molar-refractivity contribution < 1.29 is 8.42 Å². The van der Waals surface area contributed by atoms with Crippen molar-refractivity contribution >= 4 is 10.0 Å². The summed E-state index contributed by atoms with van der Waals surface area (Å²) in [4.78, 5) is 0. The Labute approximate surface area is 146 Å². The first-order chi connectivity index (χ1) is 11.1. The summed E-state index contributed by atoms with van der Waals surface area (Å²) in [5.74, 6) is 0. The Balaban J connectivity index is 2.09. The molecule has 0 unspecified atom stereocenters. The van der Waals surface area contributed by atoms with Crippen molar-refractivity contribution in [3.63, 3.8) is 0 Å². The van der Waals surface area contributed by atoms with Crippen LogP contribution in [0.3, 0.4) is 0 Å². The maximum absolute atomic E-state index is 11.8. The van der Waals surface area contributed by atoms with Crippen LogP contribution in [0.1, 0.15) is 45.7 Å². The van der Waals surface area contributed by atoms with Crippen molar-refractivity contribution in [3.05, 3.63) is 59.7 Å². The molecule has 0 aliphatic rings. The van der Waals surface area contributed by atoms with E-state index in [4.69, 9.17) is 0 Å². The molecule has 0 aliphatic heterocycles. The highest BCUT2D eigenvalue weighted by Crippen LogP contribution is 2.26. The van der Waals surface area contributed by atoms with E-state index in [0.717, 1.165) is 16.7 Å². The van der Waals surface area contributed by atoms with Crippen molar-refractivity contribution in [3.8, 4) is 11.1 Å². The van der Waals surface area contributed by atoms with Gasteiger partial charge >= 0.3 is 0 Å². The van der Waals surface area contributed by atoms with Crippen LogP contribution in [-0.4, -0.2) is 13.7 Å². The van der Waals surface area contributed by atoms with Gasteiger partial charge < -0.3 is 0 Å². The molecule has 0 fully saturated rings. The zero-order valence-electron chi connectivity index (χ0n) is 15.1. The van der Waals surface area contributed by atoms with Crippen molar-refractivity contribution in [2.45, 2.75) is 51.8 Å². The molecule has 0 radical (unpaired) electrons. The molecule has 0 bridgehead atoms. The highest BCUT2D eigenvalue weighted by molar-refractivity contribution is 7.90. The lowest BCUT2D eigenvalue weighted by Crippen LogP contribution is -2.30. The van der Waals surface area contributed by atoms with Crippen molar-refractivity contribution in [1.29, 1.82) is 0 Å². The third-order valence-corrected chi connectivity index (χ3v) is 5.92. The van der Waals surface area contributed by atoms with Gasteiger partial charge in [-0.2, -0.15) is 0 Å². The molecule has 1 N–H and O–H groups in total. The van der Waals surface area contributed by atoms with E-state index in [1.54, 1.807) is 13.8 Å². The van der Waals surface area contributed by atoms with E-state index < -0.39 is 15.3 Å². The number of sulfonamides is 1. The fourth-order valence-electron chi connectivity index (χ4n) is 2.33. The lowest BCUT2D eigenvalue weighted by atomic mass is 9.86. The minimum absolute atomic E-state index is 0.149. The predicted octanol–water partition coefficient (Wildman–Crippen LogP) is 4.48. The van der Waals surface area contributed by atoms with Crippen molar-refractivity contribution in [2.24, 2.45) is 0 Å². The highest BCUT2D eigenvalue weighted by Gasteiger charge is 2.15. The molecule has 2 aromatic rings. The van der Waals surface area contributed by atoms with Gasteiger partial charge in [0.15, 0.2) is 0 Å². The van der Waals surface area contributed by atoms with Gasteiger partial charge in [-0.3, -0.25) is 0 Å². The van der Waals surface area contributed by atoms with E-state index >= 15 is 0 Å². The highest BCUT2D eigenvalue weighted by atomic mass is 32.2. The largest absolute Gasteiger partial charge is 0.214 e. The predicted molar refractivity (Wildman–Crippen MR) is 101 cm³/mol. The van der Waals surface area contributed by atoms with Gasteiger partial charge in [-0.25, -0.2) is 13.1 Å². The number of hydrogen-bond acceptors (Lipinski definition) is 2. The Morgan fingerprint density at radius 2 is 1.33 bits per heavy atom. The molecular weight excluding hydrogens is 318 g/mol. The molecule has 3 nitrogen and oxygen atoms in total. The zero-order valence-corrected chi connectivity index (χ0v) is 15.9. The first kappa shape index (κ1) is 18.7. The second kappa shape index (κ2) is 7.08. The zero-order chi connectivity index (χ0) is 18.0. The van der Waals surface area contributed by atoms with Gasteiger partial charge in [0.1, 0.15) is 0 Å². The summed E-state index contributed by atoms with van der Waals surface area (Å²) in [7, 11) is -3.23. The van der Waals surface area contributed by atoms with E-state index in [0.29, 0.717) is 6.54 Å². The third kappa shape index (κ3) is 4.68. The summed E-state index contributed by atoms with van der Waals surface area (Å²) in [6.07, 6.45) is 0. The van der Waals surface area contributed by atoms with Crippen LogP contribution in [0.2, 0.25) is 0 Å². The van der Waals surface area contributed by atoms with Crippen LogP contribution in [0.5, 0.6) is 0 Å². The van der Waals surface area contributed by atoms with E-state index in [2.05, 4.69) is 49.8 Å². The summed E-state index contributed by atoms with van der Waals surface area (Å²) < 4.78 is 26.2. The third-order valence-electron chi connectivity index (χ3n) is 4.14. The molecule has 0 atom stereocenters. The molecule has 0 aliphatic carbocycles. The molecule has 2 rings (SSSR count). The fraction of sp³-hybridized carbons (Fsp3) is 0.400. The summed E-state index contributed by atoms with van der Waals surface area (Å²) in [5, 5.41) is -0.418. The minimum atomic E-state index is -3.23. The van der Waals surface area contributed by atoms with Gasteiger partial charge in [0.2, 0.25) is 10.0 Å². The van der Waals surface area contributed by atoms with E-state index in [1.165, 1.54) is 5.56 Å². The van der Waals surface area contributed by atoms with E-state index in [9.17, 15) is 8.42 Å². The van der Waals surface area contributed by atoms with E-state index in [1.807, 2.05) is 24.3 Å². The Bertz CT molecular complexity index is 768.